The Labute approximate surface area is 94.4 Å². The fourth-order valence-electron chi connectivity index (χ4n) is 1.04. The summed E-state index contributed by atoms with van der Waals surface area (Å²) in [4.78, 5) is 17.6. The van der Waals surface area contributed by atoms with Gasteiger partial charge in [-0.05, 0) is 6.92 Å². The number of hydrogen-bond acceptors (Lipinski definition) is 7. The van der Waals surface area contributed by atoms with Crippen LogP contribution in [-0.4, -0.2) is 20.3 Å². The second-order valence-corrected chi connectivity index (χ2v) is 4.02. The predicted octanol–water partition coefficient (Wildman–Crippen LogP) is 0.336. The first-order chi connectivity index (χ1) is 7.65. The van der Waals surface area contributed by atoms with Crippen LogP contribution >= 0.6 is 11.8 Å². The molecule has 0 radical (unpaired) electrons. The summed E-state index contributed by atoms with van der Waals surface area (Å²) in [6.45, 7) is 1.79. The molecule has 3 N–H and O–H groups in total. The van der Waals surface area contributed by atoms with Crippen LogP contribution in [0.2, 0.25) is 0 Å². The Balaban J connectivity index is 2.10. The van der Waals surface area contributed by atoms with Gasteiger partial charge in [0.15, 0.2) is 5.16 Å². The summed E-state index contributed by atoms with van der Waals surface area (Å²) in [7, 11) is 0. The van der Waals surface area contributed by atoms with Crippen LogP contribution in [0.5, 0.6) is 0 Å². The van der Waals surface area contributed by atoms with Crippen LogP contribution < -0.4 is 11.3 Å². The summed E-state index contributed by atoms with van der Waals surface area (Å²) >= 11 is 1.31. The van der Waals surface area contributed by atoms with E-state index in [-0.39, 0.29) is 11.4 Å². The van der Waals surface area contributed by atoms with E-state index in [2.05, 4.69) is 24.9 Å². The van der Waals surface area contributed by atoms with Crippen molar-refractivity contribution in [2.24, 2.45) is 0 Å². The molecule has 0 aliphatic heterocycles. The standard InChI is InChI=1S/C8H9N5O2S/c1-4-5(13-15-12-4)3-16-8-10-6(9)2-7(14)11-8/h2H,3H2,1H3,(H3,9,10,11,14). The van der Waals surface area contributed by atoms with Crippen molar-refractivity contribution >= 4 is 17.6 Å². The summed E-state index contributed by atoms with van der Waals surface area (Å²) in [5.74, 6) is 0.711. The highest BCUT2D eigenvalue weighted by molar-refractivity contribution is 7.98. The van der Waals surface area contributed by atoms with Crippen molar-refractivity contribution in [3.05, 3.63) is 27.8 Å². The monoisotopic (exact) mass is 239 g/mol. The molecule has 7 nitrogen and oxygen atoms in total. The maximum Gasteiger partial charge on any atom is 0.253 e. The number of nitrogens with one attached hydrogen (secondary N) is 1. The zero-order chi connectivity index (χ0) is 11.5. The minimum Gasteiger partial charge on any atom is -0.383 e. The molecule has 2 heterocycles. The fraction of sp³-hybridized carbons (Fsp3) is 0.250. The maximum atomic E-state index is 11.1. The Bertz CT molecular complexity index is 549. The quantitative estimate of drug-likeness (QED) is 0.586. The van der Waals surface area contributed by atoms with Crippen LogP contribution in [0.3, 0.4) is 0 Å². The van der Waals surface area contributed by atoms with Gasteiger partial charge in [0.2, 0.25) is 0 Å². The van der Waals surface area contributed by atoms with Crippen molar-refractivity contribution in [2.75, 3.05) is 5.73 Å². The highest BCUT2D eigenvalue weighted by Gasteiger charge is 2.07. The van der Waals surface area contributed by atoms with E-state index in [9.17, 15) is 4.79 Å². The van der Waals surface area contributed by atoms with Gasteiger partial charge in [-0.1, -0.05) is 22.1 Å². The molecule has 0 unspecified atom stereocenters. The second kappa shape index (κ2) is 4.35. The van der Waals surface area contributed by atoms with Crippen LogP contribution in [0.1, 0.15) is 11.4 Å². The molecule has 2 rings (SSSR count). The van der Waals surface area contributed by atoms with Gasteiger partial charge in [0.05, 0.1) is 0 Å². The zero-order valence-corrected chi connectivity index (χ0v) is 9.24. The van der Waals surface area contributed by atoms with Gasteiger partial charge in [0, 0.05) is 11.8 Å². The molecule has 8 heteroatoms. The number of nitrogens with zero attached hydrogens (tertiary/aromatic N) is 3. The Morgan fingerprint density at radius 1 is 1.56 bits per heavy atom. The van der Waals surface area contributed by atoms with Gasteiger partial charge in [0.25, 0.3) is 5.56 Å². The summed E-state index contributed by atoms with van der Waals surface area (Å²) in [5, 5.41) is 7.82. The number of aryl methyl sites for hydroxylation is 1. The van der Waals surface area contributed by atoms with Crippen LogP contribution in [0.15, 0.2) is 20.6 Å². The highest BCUT2D eigenvalue weighted by Crippen LogP contribution is 2.18. The third-order valence-electron chi connectivity index (χ3n) is 1.83. The summed E-state index contributed by atoms with van der Waals surface area (Å²) in [5.41, 5.74) is 6.61. The van der Waals surface area contributed by atoms with Gasteiger partial charge in [-0.15, -0.1) is 0 Å². The molecule has 0 aromatic carbocycles. The smallest absolute Gasteiger partial charge is 0.253 e. The third kappa shape index (κ3) is 2.40. The summed E-state index contributed by atoms with van der Waals surface area (Å²) < 4.78 is 4.55. The van der Waals surface area contributed by atoms with E-state index in [0.717, 1.165) is 11.4 Å². The number of rotatable bonds is 3. The van der Waals surface area contributed by atoms with Gasteiger partial charge in [-0.2, -0.15) is 0 Å². The van der Waals surface area contributed by atoms with Crippen molar-refractivity contribution in [3.63, 3.8) is 0 Å². The number of aromatic nitrogens is 4. The van der Waals surface area contributed by atoms with E-state index in [1.165, 1.54) is 17.8 Å². The lowest BCUT2D eigenvalue weighted by Gasteiger charge is -1.98. The first-order valence-electron chi connectivity index (χ1n) is 4.43. The topological polar surface area (TPSA) is 111 Å². The van der Waals surface area contributed by atoms with Crippen LogP contribution in [0.4, 0.5) is 5.82 Å². The average Bonchev–Trinajstić information content (AvgIpc) is 2.59. The van der Waals surface area contributed by atoms with Crippen molar-refractivity contribution in [3.8, 4) is 0 Å². The lowest BCUT2D eigenvalue weighted by Crippen LogP contribution is -2.09. The van der Waals surface area contributed by atoms with Crippen LogP contribution in [0, 0.1) is 6.92 Å². The molecule has 0 atom stereocenters. The minimum absolute atomic E-state index is 0.196. The van der Waals surface area contributed by atoms with Gasteiger partial charge >= 0.3 is 0 Å². The lowest BCUT2D eigenvalue weighted by atomic mass is 10.4. The van der Waals surface area contributed by atoms with E-state index in [1.807, 2.05) is 0 Å². The molecule has 0 saturated heterocycles. The van der Waals surface area contributed by atoms with E-state index in [4.69, 9.17) is 5.73 Å². The molecule has 0 spiro atoms. The maximum absolute atomic E-state index is 11.1. The molecular formula is C8H9N5O2S. The third-order valence-corrected chi connectivity index (χ3v) is 2.72. The predicted molar refractivity (Wildman–Crippen MR) is 57.9 cm³/mol. The summed E-state index contributed by atoms with van der Waals surface area (Å²) in [6.07, 6.45) is 0. The summed E-state index contributed by atoms with van der Waals surface area (Å²) in [6, 6.07) is 1.23. The first kappa shape index (κ1) is 10.7. The molecule has 0 amide bonds. The Kier molecular flexibility index (Phi) is 2.91. The number of H-pyrrole nitrogens is 1. The van der Waals surface area contributed by atoms with Crippen molar-refractivity contribution in [1.82, 2.24) is 20.3 Å². The Morgan fingerprint density at radius 3 is 3.00 bits per heavy atom. The normalized spacial score (nSPS) is 10.6. The molecular weight excluding hydrogens is 230 g/mol. The largest absolute Gasteiger partial charge is 0.383 e. The molecule has 0 bridgehead atoms. The van der Waals surface area contributed by atoms with Crippen LogP contribution in [-0.2, 0) is 5.75 Å². The molecule has 0 aliphatic rings. The number of hydrogen-bond donors (Lipinski definition) is 2. The minimum atomic E-state index is -0.273. The molecule has 0 aliphatic carbocycles. The first-order valence-corrected chi connectivity index (χ1v) is 5.41. The number of nitrogen functional groups attached to an aromatic ring is 1. The Hall–Kier alpha value is -1.83. The lowest BCUT2D eigenvalue weighted by molar-refractivity contribution is 0.302. The van der Waals surface area contributed by atoms with Gasteiger partial charge in [-0.25, -0.2) is 9.61 Å². The van der Waals surface area contributed by atoms with E-state index in [0.29, 0.717) is 10.9 Å². The molecule has 16 heavy (non-hydrogen) atoms. The number of anilines is 1. The molecule has 2 aromatic rings. The van der Waals surface area contributed by atoms with E-state index >= 15 is 0 Å². The number of thioether (sulfide) groups is 1. The number of nitrogens with two attached hydrogens (primary N) is 1. The zero-order valence-electron chi connectivity index (χ0n) is 8.43. The SMILES string of the molecule is Cc1nonc1CSc1nc(N)cc(=O)[nH]1. The van der Waals surface area contributed by atoms with Crippen molar-refractivity contribution in [1.29, 1.82) is 0 Å². The fourth-order valence-corrected chi connectivity index (χ4v) is 1.92. The highest BCUT2D eigenvalue weighted by atomic mass is 32.2. The Morgan fingerprint density at radius 2 is 2.38 bits per heavy atom. The van der Waals surface area contributed by atoms with Crippen molar-refractivity contribution in [2.45, 2.75) is 17.8 Å². The second-order valence-electron chi connectivity index (χ2n) is 3.06. The van der Waals surface area contributed by atoms with Gasteiger partial charge in [0.1, 0.15) is 17.2 Å². The van der Waals surface area contributed by atoms with Gasteiger partial charge in [-0.3, -0.25) is 4.79 Å². The van der Waals surface area contributed by atoms with Crippen molar-refractivity contribution < 1.29 is 4.63 Å². The molecule has 2 aromatic heterocycles. The van der Waals surface area contributed by atoms with E-state index in [1.54, 1.807) is 6.92 Å². The molecule has 84 valence electrons. The number of aromatic amines is 1. The molecule has 0 saturated carbocycles. The van der Waals surface area contributed by atoms with E-state index < -0.39 is 0 Å². The van der Waals surface area contributed by atoms with Gasteiger partial charge < -0.3 is 10.7 Å². The average molecular weight is 239 g/mol. The molecule has 0 fully saturated rings. The van der Waals surface area contributed by atoms with Crippen LogP contribution in [0.25, 0.3) is 0 Å².